The van der Waals surface area contributed by atoms with Gasteiger partial charge in [0.25, 0.3) is 0 Å². The van der Waals surface area contributed by atoms with Crippen LogP contribution in [-0.4, -0.2) is 15.0 Å². The molecule has 0 unspecified atom stereocenters. The summed E-state index contributed by atoms with van der Waals surface area (Å²) in [4.78, 5) is 11.4. The van der Waals surface area contributed by atoms with E-state index in [9.17, 15) is 4.39 Å². The number of anilines is 2. The minimum atomic E-state index is -0.753. The maximum absolute atomic E-state index is 12.8. The molecule has 0 fully saturated rings. The first-order valence-corrected chi connectivity index (χ1v) is 6.15. The summed E-state index contributed by atoms with van der Waals surface area (Å²) < 4.78 is 13.9. The molecule has 3 aromatic rings. The fraction of sp³-hybridized carbons (Fsp3) is 0.0833. The van der Waals surface area contributed by atoms with E-state index < -0.39 is 6.08 Å². The van der Waals surface area contributed by atoms with Crippen LogP contribution in [0, 0.1) is 13.0 Å². The van der Waals surface area contributed by atoms with Crippen molar-refractivity contribution < 1.29 is 4.39 Å². The molecule has 0 amide bonds. The Kier molecular flexibility index (Phi) is 2.64. The molecule has 1 N–H and O–H groups in total. The van der Waals surface area contributed by atoms with Crippen LogP contribution in [0.2, 0.25) is 0 Å². The third kappa shape index (κ3) is 2.14. The molecule has 2 heterocycles. The highest BCUT2D eigenvalue weighted by Crippen LogP contribution is 2.28. The molecule has 0 aliphatic heterocycles. The standard InChI is InChI=1S/C12H9FN4S/c1-7-2-3-8-9(6-7)18-12(15-8)17-10-4-5-14-11(13)16-10/h2-6H,1H3,(H,14,15,16,17). The Labute approximate surface area is 107 Å². The zero-order valence-electron chi connectivity index (χ0n) is 9.51. The molecule has 0 radical (unpaired) electrons. The molecule has 0 aliphatic carbocycles. The van der Waals surface area contributed by atoms with E-state index in [1.54, 1.807) is 6.07 Å². The number of fused-ring (bicyclic) bond motifs is 1. The van der Waals surface area contributed by atoms with Crippen LogP contribution in [0.3, 0.4) is 0 Å². The fourth-order valence-electron chi connectivity index (χ4n) is 1.60. The third-order valence-electron chi connectivity index (χ3n) is 2.41. The zero-order chi connectivity index (χ0) is 12.5. The van der Waals surface area contributed by atoms with Crippen molar-refractivity contribution in [3.63, 3.8) is 0 Å². The Morgan fingerprint density at radius 3 is 2.94 bits per heavy atom. The van der Waals surface area contributed by atoms with E-state index in [2.05, 4.69) is 26.3 Å². The number of hydrogen-bond acceptors (Lipinski definition) is 5. The molecule has 0 aliphatic rings. The van der Waals surface area contributed by atoms with Crippen molar-refractivity contribution in [1.29, 1.82) is 0 Å². The molecule has 0 bridgehead atoms. The number of rotatable bonds is 2. The fourth-order valence-corrected chi connectivity index (χ4v) is 2.57. The van der Waals surface area contributed by atoms with Gasteiger partial charge in [-0.1, -0.05) is 17.4 Å². The Morgan fingerprint density at radius 1 is 1.22 bits per heavy atom. The van der Waals surface area contributed by atoms with E-state index in [4.69, 9.17) is 0 Å². The molecule has 6 heteroatoms. The second kappa shape index (κ2) is 4.30. The van der Waals surface area contributed by atoms with Gasteiger partial charge in [0.15, 0.2) is 5.13 Å². The van der Waals surface area contributed by atoms with E-state index >= 15 is 0 Å². The minimum absolute atomic E-state index is 0.401. The van der Waals surface area contributed by atoms with Crippen LogP contribution in [0.1, 0.15) is 5.56 Å². The van der Waals surface area contributed by atoms with Gasteiger partial charge in [-0.2, -0.15) is 9.37 Å². The quantitative estimate of drug-likeness (QED) is 0.718. The molecule has 90 valence electrons. The van der Waals surface area contributed by atoms with Crippen LogP contribution in [0.25, 0.3) is 10.2 Å². The lowest BCUT2D eigenvalue weighted by molar-refractivity contribution is 0.540. The Hall–Kier alpha value is -2.08. The molecule has 2 aromatic heterocycles. The Bertz CT molecular complexity index is 710. The van der Waals surface area contributed by atoms with Crippen LogP contribution in [-0.2, 0) is 0 Å². The molecule has 18 heavy (non-hydrogen) atoms. The lowest BCUT2D eigenvalue weighted by Gasteiger charge is -1.99. The molecule has 4 nitrogen and oxygen atoms in total. The van der Waals surface area contributed by atoms with Gasteiger partial charge in [-0.15, -0.1) is 0 Å². The van der Waals surface area contributed by atoms with Gasteiger partial charge < -0.3 is 5.32 Å². The number of nitrogens with one attached hydrogen (secondary N) is 1. The van der Waals surface area contributed by atoms with Crippen molar-refractivity contribution in [2.75, 3.05) is 5.32 Å². The van der Waals surface area contributed by atoms with Crippen molar-refractivity contribution in [1.82, 2.24) is 15.0 Å². The first-order chi connectivity index (χ1) is 8.70. The maximum atomic E-state index is 12.8. The van der Waals surface area contributed by atoms with Gasteiger partial charge in [0.05, 0.1) is 10.2 Å². The minimum Gasteiger partial charge on any atom is -0.316 e. The van der Waals surface area contributed by atoms with Gasteiger partial charge >= 0.3 is 6.08 Å². The zero-order valence-corrected chi connectivity index (χ0v) is 10.3. The van der Waals surface area contributed by atoms with Gasteiger partial charge in [0.1, 0.15) is 5.82 Å². The predicted molar refractivity (Wildman–Crippen MR) is 69.6 cm³/mol. The molecular weight excluding hydrogens is 251 g/mol. The highest BCUT2D eigenvalue weighted by molar-refractivity contribution is 7.22. The number of nitrogens with zero attached hydrogens (tertiary/aromatic N) is 3. The van der Waals surface area contributed by atoms with Crippen molar-refractivity contribution in [2.45, 2.75) is 6.92 Å². The summed E-state index contributed by atoms with van der Waals surface area (Å²) in [6.07, 6.45) is 0.610. The second-order valence-electron chi connectivity index (χ2n) is 3.83. The average Bonchev–Trinajstić information content (AvgIpc) is 2.70. The van der Waals surface area contributed by atoms with Crippen LogP contribution < -0.4 is 5.32 Å². The summed E-state index contributed by atoms with van der Waals surface area (Å²) in [5, 5.41) is 3.66. The van der Waals surface area contributed by atoms with Gasteiger partial charge in [0.2, 0.25) is 0 Å². The first kappa shape index (κ1) is 11.0. The Balaban J connectivity index is 1.95. The van der Waals surface area contributed by atoms with Crippen LogP contribution in [0.4, 0.5) is 15.3 Å². The highest BCUT2D eigenvalue weighted by atomic mass is 32.1. The molecule has 0 saturated heterocycles. The summed E-state index contributed by atoms with van der Waals surface area (Å²) in [6.45, 7) is 2.03. The van der Waals surface area contributed by atoms with Gasteiger partial charge in [-0.3, -0.25) is 0 Å². The predicted octanol–water partition coefficient (Wildman–Crippen LogP) is 3.28. The van der Waals surface area contributed by atoms with E-state index in [0.717, 1.165) is 10.2 Å². The topological polar surface area (TPSA) is 50.7 Å². The first-order valence-electron chi connectivity index (χ1n) is 5.33. The number of hydrogen-bond donors (Lipinski definition) is 1. The van der Waals surface area contributed by atoms with E-state index in [1.807, 2.05) is 19.1 Å². The summed E-state index contributed by atoms with van der Waals surface area (Å²) in [5.41, 5.74) is 2.11. The van der Waals surface area contributed by atoms with Crippen LogP contribution >= 0.6 is 11.3 Å². The van der Waals surface area contributed by atoms with Gasteiger partial charge in [-0.25, -0.2) is 9.97 Å². The SMILES string of the molecule is Cc1ccc2nc(Nc3ccnc(F)n3)sc2c1. The third-order valence-corrected chi connectivity index (χ3v) is 3.34. The van der Waals surface area contributed by atoms with E-state index in [-0.39, 0.29) is 0 Å². The molecule has 0 saturated carbocycles. The summed E-state index contributed by atoms with van der Waals surface area (Å²) in [5.74, 6) is 0.401. The number of halogens is 1. The number of aryl methyl sites for hydroxylation is 1. The van der Waals surface area contributed by atoms with Gasteiger partial charge in [0, 0.05) is 6.20 Å². The molecule has 0 spiro atoms. The monoisotopic (exact) mass is 260 g/mol. The van der Waals surface area contributed by atoms with E-state index in [1.165, 1.54) is 23.1 Å². The Morgan fingerprint density at radius 2 is 2.11 bits per heavy atom. The highest BCUT2D eigenvalue weighted by Gasteiger charge is 2.05. The molecule has 3 rings (SSSR count). The van der Waals surface area contributed by atoms with Gasteiger partial charge in [-0.05, 0) is 30.7 Å². The molecular formula is C12H9FN4S. The van der Waals surface area contributed by atoms with Crippen molar-refractivity contribution >= 4 is 32.5 Å². The van der Waals surface area contributed by atoms with Crippen molar-refractivity contribution in [3.05, 3.63) is 42.1 Å². The summed E-state index contributed by atoms with van der Waals surface area (Å²) >= 11 is 1.51. The van der Waals surface area contributed by atoms with Crippen molar-refractivity contribution in [2.24, 2.45) is 0 Å². The maximum Gasteiger partial charge on any atom is 0.310 e. The number of benzene rings is 1. The number of aromatic nitrogens is 3. The largest absolute Gasteiger partial charge is 0.316 e. The lowest BCUT2D eigenvalue weighted by atomic mass is 10.2. The smallest absolute Gasteiger partial charge is 0.310 e. The average molecular weight is 260 g/mol. The molecule has 1 aromatic carbocycles. The van der Waals surface area contributed by atoms with Crippen LogP contribution in [0.15, 0.2) is 30.5 Å². The second-order valence-corrected chi connectivity index (χ2v) is 4.86. The van der Waals surface area contributed by atoms with Crippen molar-refractivity contribution in [3.8, 4) is 0 Å². The summed E-state index contributed by atoms with van der Waals surface area (Å²) in [7, 11) is 0. The van der Waals surface area contributed by atoms with E-state index in [0.29, 0.717) is 10.9 Å². The summed E-state index contributed by atoms with van der Waals surface area (Å²) in [6, 6.07) is 7.64. The van der Waals surface area contributed by atoms with Crippen LogP contribution in [0.5, 0.6) is 0 Å². The number of thiazole rings is 1. The molecule has 0 atom stereocenters. The lowest BCUT2D eigenvalue weighted by Crippen LogP contribution is -1.96. The normalized spacial score (nSPS) is 10.8.